The maximum Gasteiger partial charge on any atom is 0.334 e. The Bertz CT molecular complexity index is 663. The van der Waals surface area contributed by atoms with Gasteiger partial charge < -0.3 is 9.47 Å². The summed E-state index contributed by atoms with van der Waals surface area (Å²) in [6.07, 6.45) is 3.65. The maximum absolute atomic E-state index is 12.8. The molecule has 136 valence electrons. The van der Waals surface area contributed by atoms with E-state index in [9.17, 15) is 14.4 Å². The lowest BCUT2D eigenvalue weighted by Gasteiger charge is -2.40. The fraction of sp³-hybridized carbons (Fsp3) is 0.650. The van der Waals surface area contributed by atoms with Crippen molar-refractivity contribution in [3.63, 3.8) is 0 Å². The molecule has 5 heteroatoms. The molecule has 25 heavy (non-hydrogen) atoms. The average Bonchev–Trinajstić information content (AvgIpc) is 2.99. The Hall–Kier alpha value is -1.91. The van der Waals surface area contributed by atoms with E-state index in [1.165, 1.54) is 0 Å². The summed E-state index contributed by atoms with van der Waals surface area (Å²) in [6.45, 7) is 11.5. The predicted molar refractivity (Wildman–Crippen MR) is 91.4 cm³/mol. The summed E-state index contributed by atoms with van der Waals surface area (Å²) >= 11 is 0. The molecule has 1 saturated heterocycles. The summed E-state index contributed by atoms with van der Waals surface area (Å²) in [7, 11) is 0. The van der Waals surface area contributed by atoms with E-state index in [1.54, 1.807) is 13.0 Å². The zero-order valence-electron chi connectivity index (χ0n) is 15.3. The van der Waals surface area contributed by atoms with Gasteiger partial charge in [0.2, 0.25) is 0 Å². The Morgan fingerprint density at radius 3 is 2.80 bits per heavy atom. The monoisotopic (exact) mass is 346 g/mol. The normalized spacial score (nSPS) is 41.0. The highest BCUT2D eigenvalue weighted by Crippen LogP contribution is 2.54. The minimum absolute atomic E-state index is 0.0492. The lowest BCUT2D eigenvalue weighted by Crippen LogP contribution is -2.49. The van der Waals surface area contributed by atoms with Crippen molar-refractivity contribution < 1.29 is 23.9 Å². The van der Waals surface area contributed by atoms with Crippen molar-refractivity contribution in [2.24, 2.45) is 29.1 Å². The number of carbonyl (C=O) groups excluding carboxylic acids is 3. The summed E-state index contributed by atoms with van der Waals surface area (Å²) in [5.41, 5.74) is -0.584. The minimum atomic E-state index is -0.890. The van der Waals surface area contributed by atoms with Gasteiger partial charge in [-0.15, -0.1) is 0 Å². The third-order valence-electron chi connectivity index (χ3n) is 6.39. The van der Waals surface area contributed by atoms with E-state index in [0.29, 0.717) is 18.4 Å². The van der Waals surface area contributed by atoms with Gasteiger partial charge in [-0.05, 0) is 37.7 Å². The molecule has 0 amide bonds. The Labute approximate surface area is 148 Å². The zero-order chi connectivity index (χ0) is 18.5. The van der Waals surface area contributed by atoms with E-state index < -0.39 is 29.5 Å². The van der Waals surface area contributed by atoms with Crippen LogP contribution in [0.1, 0.15) is 40.5 Å². The molecule has 0 spiro atoms. The lowest BCUT2D eigenvalue weighted by molar-refractivity contribution is -0.168. The number of fused-ring (bicyclic) bond motifs is 2. The number of ether oxygens (including phenoxy) is 2. The van der Waals surface area contributed by atoms with Gasteiger partial charge in [-0.1, -0.05) is 33.4 Å². The van der Waals surface area contributed by atoms with Crippen LogP contribution in [0.15, 0.2) is 24.3 Å². The fourth-order valence-electron chi connectivity index (χ4n) is 4.55. The van der Waals surface area contributed by atoms with E-state index in [0.717, 1.165) is 0 Å². The number of hydrogen-bond acceptors (Lipinski definition) is 5. The molecule has 1 aliphatic heterocycles. The number of ketones is 1. The largest absolute Gasteiger partial charge is 0.460 e. The highest BCUT2D eigenvalue weighted by atomic mass is 16.6. The van der Waals surface area contributed by atoms with Crippen molar-refractivity contribution >= 4 is 17.7 Å². The van der Waals surface area contributed by atoms with Crippen LogP contribution in [0.2, 0.25) is 0 Å². The van der Waals surface area contributed by atoms with E-state index in [1.807, 2.05) is 19.9 Å². The van der Waals surface area contributed by atoms with Crippen molar-refractivity contribution in [2.75, 3.05) is 0 Å². The van der Waals surface area contributed by atoms with Gasteiger partial charge in [-0.3, -0.25) is 9.59 Å². The van der Waals surface area contributed by atoms with Crippen LogP contribution < -0.4 is 0 Å². The highest BCUT2D eigenvalue weighted by Gasteiger charge is 2.62. The van der Waals surface area contributed by atoms with Gasteiger partial charge in [0.15, 0.2) is 5.78 Å². The Morgan fingerprint density at radius 2 is 2.16 bits per heavy atom. The Balaban J connectivity index is 2.06. The smallest absolute Gasteiger partial charge is 0.334 e. The second-order valence-corrected chi connectivity index (χ2v) is 7.91. The van der Waals surface area contributed by atoms with E-state index >= 15 is 0 Å². The first-order chi connectivity index (χ1) is 11.7. The van der Waals surface area contributed by atoms with Crippen molar-refractivity contribution in [3.8, 4) is 0 Å². The van der Waals surface area contributed by atoms with Crippen molar-refractivity contribution in [1.29, 1.82) is 0 Å². The number of esters is 2. The molecule has 0 bridgehead atoms. The van der Waals surface area contributed by atoms with Gasteiger partial charge in [-0.25, -0.2) is 4.79 Å². The van der Waals surface area contributed by atoms with Crippen molar-refractivity contribution in [2.45, 2.75) is 52.7 Å². The van der Waals surface area contributed by atoms with Gasteiger partial charge >= 0.3 is 11.9 Å². The third kappa shape index (κ3) is 2.55. The molecule has 2 fully saturated rings. The number of allylic oxidation sites excluding steroid dienone is 2. The minimum Gasteiger partial charge on any atom is -0.460 e. The number of hydrogen-bond donors (Lipinski definition) is 0. The molecular formula is C20H26O5. The van der Waals surface area contributed by atoms with Crippen LogP contribution in [0, 0.1) is 29.1 Å². The van der Waals surface area contributed by atoms with E-state index in [2.05, 4.69) is 13.5 Å². The summed E-state index contributed by atoms with van der Waals surface area (Å²) in [5.74, 6) is -1.50. The molecule has 0 aromatic heterocycles. The second kappa shape index (κ2) is 6.11. The maximum atomic E-state index is 12.8. The van der Waals surface area contributed by atoms with Crippen LogP contribution in [0.4, 0.5) is 0 Å². The molecule has 3 rings (SSSR count). The van der Waals surface area contributed by atoms with Crippen LogP contribution in [-0.4, -0.2) is 29.9 Å². The summed E-state index contributed by atoms with van der Waals surface area (Å²) in [6, 6.07) is 0. The summed E-state index contributed by atoms with van der Waals surface area (Å²) < 4.78 is 11.4. The quantitative estimate of drug-likeness (QED) is 0.580. The molecule has 3 aliphatic rings. The first-order valence-electron chi connectivity index (χ1n) is 9.04. The molecule has 5 nitrogen and oxygen atoms in total. The molecule has 1 saturated carbocycles. The highest BCUT2D eigenvalue weighted by molar-refractivity contribution is 5.99. The average molecular weight is 346 g/mol. The first kappa shape index (κ1) is 17.9. The van der Waals surface area contributed by atoms with Gasteiger partial charge in [0, 0.05) is 5.57 Å². The Kier molecular flexibility index (Phi) is 4.38. The molecule has 7 atom stereocenters. The number of carbonyl (C=O) groups is 3. The van der Waals surface area contributed by atoms with E-state index in [-0.39, 0.29) is 29.5 Å². The molecule has 0 N–H and O–H groups in total. The van der Waals surface area contributed by atoms with Crippen LogP contribution in [0.5, 0.6) is 0 Å². The van der Waals surface area contributed by atoms with Crippen molar-refractivity contribution in [1.82, 2.24) is 0 Å². The van der Waals surface area contributed by atoms with Crippen LogP contribution in [0.25, 0.3) is 0 Å². The van der Waals surface area contributed by atoms with E-state index in [4.69, 9.17) is 9.47 Å². The van der Waals surface area contributed by atoms with Gasteiger partial charge in [-0.2, -0.15) is 0 Å². The van der Waals surface area contributed by atoms with Gasteiger partial charge in [0.05, 0.1) is 17.3 Å². The molecule has 0 radical (unpaired) electrons. The third-order valence-corrected chi connectivity index (χ3v) is 6.39. The van der Waals surface area contributed by atoms with Crippen molar-refractivity contribution in [3.05, 3.63) is 24.3 Å². The van der Waals surface area contributed by atoms with Crippen LogP contribution in [-0.2, 0) is 23.9 Å². The summed E-state index contributed by atoms with van der Waals surface area (Å²) in [4.78, 5) is 37.4. The molecule has 0 aromatic carbocycles. The van der Waals surface area contributed by atoms with Gasteiger partial charge in [0.1, 0.15) is 12.2 Å². The van der Waals surface area contributed by atoms with Crippen LogP contribution in [0.3, 0.4) is 0 Å². The van der Waals surface area contributed by atoms with Gasteiger partial charge in [0.25, 0.3) is 0 Å². The molecular weight excluding hydrogens is 320 g/mol. The SMILES string of the molecule is C=C1C(=O)O[C@@H]2C[C@@H](C)[C@@H]3C=CC(=O)[C@@]3(C)[C@H](OC(=O)C(C)CC)[C@H]12. The first-order valence-corrected chi connectivity index (χ1v) is 9.04. The van der Waals surface area contributed by atoms with Crippen LogP contribution >= 0.6 is 0 Å². The fourth-order valence-corrected chi connectivity index (χ4v) is 4.55. The molecule has 2 aliphatic carbocycles. The topological polar surface area (TPSA) is 69.7 Å². The molecule has 1 unspecified atom stereocenters. The molecule has 0 aromatic rings. The zero-order valence-corrected chi connectivity index (χ0v) is 15.3. The lowest BCUT2D eigenvalue weighted by atomic mass is 9.67. The number of rotatable bonds is 3. The standard InChI is InChI=1S/C20H26O5/c1-6-10(2)18(22)25-17-16-12(4)19(23)24-14(16)9-11(3)13-7-8-15(21)20(13,17)5/h7-8,10-11,13-14,16-17H,4,6,9H2,1-3,5H3/t10?,11-,13+,14-,16-,17-,20+/m1/s1. The summed E-state index contributed by atoms with van der Waals surface area (Å²) in [5, 5.41) is 0. The predicted octanol–water partition coefficient (Wildman–Crippen LogP) is 2.84. The Morgan fingerprint density at radius 1 is 1.48 bits per heavy atom. The molecule has 1 heterocycles. The second-order valence-electron chi connectivity index (χ2n) is 7.91.